The van der Waals surface area contributed by atoms with E-state index in [1.54, 1.807) is 6.07 Å². The number of carboxylic acid groups (broad SMARTS) is 1. The van der Waals surface area contributed by atoms with Gasteiger partial charge in [0.05, 0.1) is 0 Å². The van der Waals surface area contributed by atoms with Crippen LogP contribution in [0.1, 0.15) is 6.42 Å². The van der Waals surface area contributed by atoms with Crippen molar-refractivity contribution in [1.29, 1.82) is 0 Å². The van der Waals surface area contributed by atoms with E-state index in [4.69, 9.17) is 9.94 Å². The van der Waals surface area contributed by atoms with E-state index in [0.29, 0.717) is 5.69 Å². The number of carbonyl (C=O) groups is 2. The van der Waals surface area contributed by atoms with Crippen LogP contribution in [-0.4, -0.2) is 35.8 Å². The lowest BCUT2D eigenvalue weighted by Gasteiger charge is -2.19. The second kappa shape index (κ2) is 5.05. The second-order valence-electron chi connectivity index (χ2n) is 4.02. The lowest BCUT2D eigenvalue weighted by atomic mass is 10.1. The molecule has 1 aliphatic heterocycles. The molecule has 6 nitrogen and oxygen atoms in total. The molecule has 100 valence electrons. The molecule has 1 amide bonds. The number of nitrogens with zero attached hydrogens (tertiary/aromatic N) is 2. The number of oxime groups is 1. The number of rotatable bonds is 3. The fourth-order valence-electron chi connectivity index (χ4n) is 1.66. The number of hydrogen-bond acceptors (Lipinski definition) is 4. The third kappa shape index (κ3) is 2.70. The molecule has 0 aromatic heterocycles. The lowest BCUT2D eigenvalue weighted by Crippen LogP contribution is -2.37. The monoisotopic (exact) mass is 266 g/mol. The Morgan fingerprint density at radius 3 is 2.84 bits per heavy atom. The fraction of sp³-hybridized carbons (Fsp3) is 0.250. The zero-order chi connectivity index (χ0) is 14.0. The molecular formula is C12H11FN2O4. The average Bonchev–Trinajstić information content (AvgIpc) is 2.86. The van der Waals surface area contributed by atoms with Gasteiger partial charge in [0.1, 0.15) is 5.82 Å². The Balaban J connectivity index is 2.07. The highest BCUT2D eigenvalue weighted by Crippen LogP contribution is 2.19. The van der Waals surface area contributed by atoms with Crippen LogP contribution in [0.15, 0.2) is 29.4 Å². The largest absolute Gasteiger partial charge is 0.477 e. The van der Waals surface area contributed by atoms with Gasteiger partial charge >= 0.3 is 5.97 Å². The van der Waals surface area contributed by atoms with Crippen LogP contribution in [0, 0.1) is 5.82 Å². The SMILES string of the molecule is CN(C(=O)C1CC(C(=O)O)=NO1)c1cccc(F)c1. The number of amides is 1. The van der Waals surface area contributed by atoms with Gasteiger partial charge < -0.3 is 14.8 Å². The van der Waals surface area contributed by atoms with E-state index < -0.39 is 23.8 Å². The quantitative estimate of drug-likeness (QED) is 0.885. The summed E-state index contributed by atoms with van der Waals surface area (Å²) in [6.07, 6.45) is -1.09. The molecule has 0 bridgehead atoms. The second-order valence-corrected chi connectivity index (χ2v) is 4.02. The summed E-state index contributed by atoms with van der Waals surface area (Å²) in [7, 11) is 1.46. The smallest absolute Gasteiger partial charge is 0.353 e. The van der Waals surface area contributed by atoms with Crippen molar-refractivity contribution in [3.8, 4) is 0 Å². The zero-order valence-corrected chi connectivity index (χ0v) is 10.0. The fourth-order valence-corrected chi connectivity index (χ4v) is 1.66. The number of likely N-dealkylation sites (N-methyl/N-ethyl adjacent to an activating group) is 1. The van der Waals surface area contributed by atoms with Gasteiger partial charge in [0.15, 0.2) is 5.71 Å². The summed E-state index contributed by atoms with van der Waals surface area (Å²) in [6.45, 7) is 0. The minimum absolute atomic E-state index is 0.103. The van der Waals surface area contributed by atoms with Crippen molar-refractivity contribution in [2.45, 2.75) is 12.5 Å². The van der Waals surface area contributed by atoms with Crippen LogP contribution < -0.4 is 4.90 Å². The van der Waals surface area contributed by atoms with Gasteiger partial charge in [-0.1, -0.05) is 11.2 Å². The summed E-state index contributed by atoms with van der Waals surface area (Å²) in [5, 5.41) is 12.0. The van der Waals surface area contributed by atoms with Crippen LogP contribution in [0.3, 0.4) is 0 Å². The minimum atomic E-state index is -1.22. The molecule has 0 saturated carbocycles. The van der Waals surface area contributed by atoms with Crippen LogP contribution in [0.4, 0.5) is 10.1 Å². The van der Waals surface area contributed by atoms with Crippen molar-refractivity contribution in [1.82, 2.24) is 0 Å². The first-order valence-electron chi connectivity index (χ1n) is 5.48. The van der Waals surface area contributed by atoms with Crippen LogP contribution >= 0.6 is 0 Å². The maximum atomic E-state index is 13.1. The number of carbonyl (C=O) groups excluding carboxylic acids is 1. The Morgan fingerprint density at radius 2 is 2.26 bits per heavy atom. The zero-order valence-electron chi connectivity index (χ0n) is 10.0. The highest BCUT2D eigenvalue weighted by Gasteiger charge is 2.33. The van der Waals surface area contributed by atoms with Crippen molar-refractivity contribution in [2.75, 3.05) is 11.9 Å². The topological polar surface area (TPSA) is 79.2 Å². The van der Waals surface area contributed by atoms with Gasteiger partial charge in [-0.2, -0.15) is 0 Å². The van der Waals surface area contributed by atoms with E-state index in [-0.39, 0.29) is 12.1 Å². The van der Waals surface area contributed by atoms with Crippen molar-refractivity contribution in [3.05, 3.63) is 30.1 Å². The van der Waals surface area contributed by atoms with Crippen molar-refractivity contribution < 1.29 is 23.9 Å². The number of benzene rings is 1. The summed E-state index contributed by atoms with van der Waals surface area (Å²) in [5.74, 6) is -2.17. The molecule has 0 spiro atoms. The summed E-state index contributed by atoms with van der Waals surface area (Å²) in [5.41, 5.74) is 0.156. The van der Waals surface area contributed by atoms with Gasteiger partial charge in [-0.05, 0) is 18.2 Å². The van der Waals surface area contributed by atoms with Crippen LogP contribution in [-0.2, 0) is 14.4 Å². The molecule has 1 heterocycles. The Kier molecular flexibility index (Phi) is 3.46. The average molecular weight is 266 g/mol. The molecule has 0 aliphatic carbocycles. The maximum Gasteiger partial charge on any atom is 0.353 e. The molecule has 1 aromatic carbocycles. The predicted molar refractivity (Wildman–Crippen MR) is 64.4 cm³/mol. The molecule has 19 heavy (non-hydrogen) atoms. The third-order valence-corrected chi connectivity index (χ3v) is 2.72. The molecule has 1 N–H and O–H groups in total. The van der Waals surface area contributed by atoms with Crippen molar-refractivity contribution in [2.24, 2.45) is 5.16 Å². The Morgan fingerprint density at radius 1 is 1.53 bits per heavy atom. The maximum absolute atomic E-state index is 13.1. The third-order valence-electron chi connectivity index (χ3n) is 2.72. The Labute approximate surface area is 108 Å². The number of halogens is 1. The van der Waals surface area contributed by atoms with Gasteiger partial charge in [0.25, 0.3) is 5.91 Å². The molecule has 1 unspecified atom stereocenters. The number of aliphatic carboxylic acids is 1. The first-order chi connectivity index (χ1) is 8.99. The summed E-state index contributed by atoms with van der Waals surface area (Å²) < 4.78 is 13.1. The molecular weight excluding hydrogens is 255 g/mol. The summed E-state index contributed by atoms with van der Waals surface area (Å²) in [6, 6.07) is 5.50. The predicted octanol–water partition coefficient (Wildman–Crippen LogP) is 1.02. The normalized spacial score (nSPS) is 17.6. The lowest BCUT2D eigenvalue weighted by molar-refractivity contribution is -0.129. The van der Waals surface area contributed by atoms with E-state index in [9.17, 15) is 14.0 Å². The Bertz CT molecular complexity index is 558. The van der Waals surface area contributed by atoms with Gasteiger partial charge in [-0.3, -0.25) is 4.79 Å². The van der Waals surface area contributed by atoms with Gasteiger partial charge in [0, 0.05) is 19.2 Å². The number of carboxylic acids is 1. The van der Waals surface area contributed by atoms with Crippen LogP contribution in [0.2, 0.25) is 0 Å². The summed E-state index contributed by atoms with van der Waals surface area (Å²) >= 11 is 0. The van der Waals surface area contributed by atoms with E-state index in [2.05, 4.69) is 5.16 Å². The molecule has 1 aliphatic rings. The van der Waals surface area contributed by atoms with Gasteiger partial charge in [0.2, 0.25) is 6.10 Å². The Hall–Kier alpha value is -2.44. The van der Waals surface area contributed by atoms with Gasteiger partial charge in [-0.25, -0.2) is 9.18 Å². The van der Waals surface area contributed by atoms with E-state index in [0.717, 1.165) is 0 Å². The van der Waals surface area contributed by atoms with Crippen LogP contribution in [0.5, 0.6) is 0 Å². The molecule has 0 saturated heterocycles. The standard InChI is InChI=1S/C12H11FN2O4/c1-15(8-4-2-3-7(13)5-8)11(16)10-6-9(12(17)18)14-19-10/h2-5,10H,6H2,1H3,(H,17,18). The van der Waals surface area contributed by atoms with Crippen molar-refractivity contribution in [3.63, 3.8) is 0 Å². The molecule has 1 aromatic rings. The van der Waals surface area contributed by atoms with E-state index in [1.165, 1.54) is 30.1 Å². The highest BCUT2D eigenvalue weighted by molar-refractivity contribution is 6.36. The van der Waals surface area contributed by atoms with Gasteiger partial charge in [-0.15, -0.1) is 0 Å². The molecule has 0 radical (unpaired) electrons. The summed E-state index contributed by atoms with van der Waals surface area (Å²) in [4.78, 5) is 28.7. The van der Waals surface area contributed by atoms with Crippen molar-refractivity contribution >= 4 is 23.3 Å². The van der Waals surface area contributed by atoms with E-state index in [1.807, 2.05) is 0 Å². The van der Waals surface area contributed by atoms with Crippen LogP contribution in [0.25, 0.3) is 0 Å². The minimum Gasteiger partial charge on any atom is -0.477 e. The highest BCUT2D eigenvalue weighted by atomic mass is 19.1. The number of anilines is 1. The number of hydrogen-bond donors (Lipinski definition) is 1. The first kappa shape index (κ1) is 13.0. The van der Waals surface area contributed by atoms with E-state index >= 15 is 0 Å². The molecule has 2 rings (SSSR count). The first-order valence-corrected chi connectivity index (χ1v) is 5.48. The molecule has 1 atom stereocenters. The molecule has 0 fully saturated rings. The molecule has 7 heteroatoms.